The number of hydrogen-bond acceptors (Lipinski definition) is 2. The van der Waals surface area contributed by atoms with Gasteiger partial charge >= 0.3 is 0 Å². The van der Waals surface area contributed by atoms with Crippen LogP contribution >= 0.6 is 0 Å². The van der Waals surface area contributed by atoms with Crippen molar-refractivity contribution in [3.63, 3.8) is 0 Å². The predicted octanol–water partition coefficient (Wildman–Crippen LogP) is 4.97. The number of carbonyl (C=O) groups excluding carboxylic acids is 1. The van der Waals surface area contributed by atoms with E-state index < -0.39 is 0 Å². The maximum atomic E-state index is 12.9. The molecule has 4 nitrogen and oxygen atoms in total. The highest BCUT2D eigenvalue weighted by molar-refractivity contribution is 5.94. The molecule has 1 aromatic heterocycles. The Kier molecular flexibility index (Phi) is 5.03. The van der Waals surface area contributed by atoms with Crippen molar-refractivity contribution in [1.82, 2.24) is 14.7 Å². The minimum absolute atomic E-state index is 0.130. The normalized spacial score (nSPS) is 19.6. The number of nitrogens with zero attached hydrogens (tertiary/aromatic N) is 3. The molecule has 1 fully saturated rings. The molecule has 0 bridgehead atoms. The third-order valence-electron chi connectivity index (χ3n) is 5.42. The second kappa shape index (κ2) is 7.63. The van der Waals surface area contributed by atoms with Gasteiger partial charge in [-0.2, -0.15) is 5.10 Å². The van der Waals surface area contributed by atoms with Gasteiger partial charge in [0, 0.05) is 24.2 Å². The molecule has 4 rings (SSSR count). The van der Waals surface area contributed by atoms with Crippen LogP contribution in [0.25, 0.3) is 16.9 Å². The van der Waals surface area contributed by atoms with Crippen LogP contribution in [0.15, 0.2) is 60.7 Å². The Morgan fingerprint density at radius 1 is 0.964 bits per heavy atom. The molecule has 2 heterocycles. The molecule has 1 aliphatic rings. The number of rotatable bonds is 3. The average Bonchev–Trinajstić information content (AvgIpc) is 3.09. The number of aryl methyl sites for hydroxylation is 1. The Labute approximate surface area is 166 Å². The highest BCUT2D eigenvalue weighted by Gasteiger charge is 2.26. The summed E-state index contributed by atoms with van der Waals surface area (Å²) in [5.74, 6) is 1.25. The van der Waals surface area contributed by atoms with Crippen molar-refractivity contribution < 1.29 is 4.79 Å². The summed E-state index contributed by atoms with van der Waals surface area (Å²) in [7, 11) is 0. The Bertz CT molecular complexity index is 949. The van der Waals surface area contributed by atoms with Crippen LogP contribution in [0.2, 0.25) is 0 Å². The zero-order chi connectivity index (χ0) is 19.7. The van der Waals surface area contributed by atoms with E-state index in [2.05, 4.69) is 37.1 Å². The number of piperidine rings is 1. The third kappa shape index (κ3) is 3.72. The van der Waals surface area contributed by atoms with E-state index in [0.29, 0.717) is 11.8 Å². The van der Waals surface area contributed by atoms with E-state index in [1.54, 1.807) is 0 Å². The predicted molar refractivity (Wildman–Crippen MR) is 113 cm³/mol. The number of likely N-dealkylation sites (tertiary alicyclic amines) is 1. The van der Waals surface area contributed by atoms with Crippen molar-refractivity contribution >= 4 is 5.91 Å². The van der Waals surface area contributed by atoms with Crippen LogP contribution in [0.1, 0.15) is 36.3 Å². The number of hydrogen-bond donors (Lipinski definition) is 0. The molecule has 3 aromatic rings. The molecule has 2 unspecified atom stereocenters. The fraction of sp³-hybridized carbons (Fsp3) is 0.333. The van der Waals surface area contributed by atoms with E-state index in [9.17, 15) is 4.79 Å². The molecule has 2 aromatic carbocycles. The lowest BCUT2D eigenvalue weighted by molar-refractivity contribution is 0.0623. The number of carbonyl (C=O) groups is 1. The first kappa shape index (κ1) is 18.5. The van der Waals surface area contributed by atoms with Crippen LogP contribution in [0.4, 0.5) is 0 Å². The zero-order valence-corrected chi connectivity index (χ0v) is 16.8. The maximum Gasteiger partial charge on any atom is 0.253 e. The minimum atomic E-state index is 0.130. The smallest absolute Gasteiger partial charge is 0.253 e. The molecule has 1 amide bonds. The van der Waals surface area contributed by atoms with Gasteiger partial charge in [-0.15, -0.1) is 0 Å². The molecule has 144 valence electrons. The lowest BCUT2D eigenvalue weighted by atomic mass is 9.91. The molecule has 0 radical (unpaired) electrons. The summed E-state index contributed by atoms with van der Waals surface area (Å²) < 4.78 is 1.95. The first-order chi connectivity index (χ1) is 13.5. The first-order valence-corrected chi connectivity index (χ1v) is 10.0. The Morgan fingerprint density at radius 2 is 1.61 bits per heavy atom. The van der Waals surface area contributed by atoms with Gasteiger partial charge in [0.15, 0.2) is 0 Å². The number of benzene rings is 2. The minimum Gasteiger partial charge on any atom is -0.338 e. The quantitative estimate of drug-likeness (QED) is 0.650. The van der Waals surface area contributed by atoms with Crippen molar-refractivity contribution in [2.75, 3.05) is 13.1 Å². The standard InChI is InChI=1S/C24H27N3O/c1-17-13-18(2)16-26(15-17)24(28)21-9-11-22(12-10-21)27-23(14-19(3)25-27)20-7-5-4-6-8-20/h4-12,14,17-18H,13,15-16H2,1-3H3. The number of amides is 1. The van der Waals surface area contributed by atoms with Crippen molar-refractivity contribution in [2.45, 2.75) is 27.2 Å². The van der Waals surface area contributed by atoms with Crippen molar-refractivity contribution in [3.05, 3.63) is 71.9 Å². The number of aromatic nitrogens is 2. The van der Waals surface area contributed by atoms with Crippen molar-refractivity contribution in [2.24, 2.45) is 11.8 Å². The summed E-state index contributed by atoms with van der Waals surface area (Å²) in [6.07, 6.45) is 1.20. The van der Waals surface area contributed by atoms with E-state index in [-0.39, 0.29) is 5.91 Å². The highest BCUT2D eigenvalue weighted by atomic mass is 16.2. The Balaban J connectivity index is 1.60. The lowest BCUT2D eigenvalue weighted by Crippen LogP contribution is -2.42. The van der Waals surface area contributed by atoms with E-state index in [1.807, 2.05) is 59.0 Å². The van der Waals surface area contributed by atoms with E-state index >= 15 is 0 Å². The molecule has 0 N–H and O–H groups in total. The van der Waals surface area contributed by atoms with Gasteiger partial charge in [-0.3, -0.25) is 4.79 Å². The second-order valence-corrected chi connectivity index (χ2v) is 8.15. The van der Waals surface area contributed by atoms with Gasteiger partial charge in [0.2, 0.25) is 0 Å². The van der Waals surface area contributed by atoms with Crippen molar-refractivity contribution in [3.8, 4) is 16.9 Å². The SMILES string of the molecule is Cc1cc(-c2ccccc2)n(-c2ccc(C(=O)N3CC(C)CC(C)C3)cc2)n1. The summed E-state index contributed by atoms with van der Waals surface area (Å²) in [4.78, 5) is 14.9. The van der Waals surface area contributed by atoms with Gasteiger partial charge < -0.3 is 4.90 Å². The van der Waals surface area contributed by atoms with Crippen LogP contribution in [0.3, 0.4) is 0 Å². The molecular formula is C24H27N3O. The molecule has 1 saturated heterocycles. The van der Waals surface area contributed by atoms with E-state index in [4.69, 9.17) is 0 Å². The molecule has 0 spiro atoms. The molecule has 1 aliphatic heterocycles. The van der Waals surface area contributed by atoms with Crippen LogP contribution in [-0.2, 0) is 0 Å². The zero-order valence-electron chi connectivity index (χ0n) is 16.8. The summed E-state index contributed by atoms with van der Waals surface area (Å²) >= 11 is 0. The molecule has 0 aliphatic carbocycles. The summed E-state index contributed by atoms with van der Waals surface area (Å²) in [5.41, 5.74) is 4.85. The molecule has 4 heteroatoms. The average molecular weight is 374 g/mol. The first-order valence-electron chi connectivity index (χ1n) is 10.0. The van der Waals surface area contributed by atoms with E-state index in [0.717, 1.165) is 41.3 Å². The van der Waals surface area contributed by atoms with Crippen molar-refractivity contribution in [1.29, 1.82) is 0 Å². The Hall–Kier alpha value is -2.88. The van der Waals surface area contributed by atoms with Crippen LogP contribution in [0.5, 0.6) is 0 Å². The fourth-order valence-electron chi connectivity index (χ4n) is 4.27. The van der Waals surface area contributed by atoms with Crippen LogP contribution < -0.4 is 0 Å². The highest BCUT2D eigenvalue weighted by Crippen LogP contribution is 2.25. The van der Waals surface area contributed by atoms with Crippen LogP contribution in [0, 0.1) is 18.8 Å². The Morgan fingerprint density at radius 3 is 2.25 bits per heavy atom. The molecule has 2 atom stereocenters. The van der Waals surface area contributed by atoms with Crippen LogP contribution in [-0.4, -0.2) is 33.7 Å². The summed E-state index contributed by atoms with van der Waals surface area (Å²) in [5, 5.41) is 4.66. The summed E-state index contributed by atoms with van der Waals surface area (Å²) in [6, 6.07) is 20.2. The van der Waals surface area contributed by atoms with Gasteiger partial charge in [0.25, 0.3) is 5.91 Å². The molecule has 0 saturated carbocycles. The van der Waals surface area contributed by atoms with Gasteiger partial charge in [-0.05, 0) is 55.5 Å². The fourth-order valence-corrected chi connectivity index (χ4v) is 4.27. The second-order valence-electron chi connectivity index (χ2n) is 8.15. The molecule has 28 heavy (non-hydrogen) atoms. The van der Waals surface area contributed by atoms with Gasteiger partial charge in [-0.1, -0.05) is 44.2 Å². The monoisotopic (exact) mass is 373 g/mol. The van der Waals surface area contributed by atoms with E-state index in [1.165, 1.54) is 6.42 Å². The van der Waals surface area contributed by atoms with Gasteiger partial charge in [0.1, 0.15) is 0 Å². The summed E-state index contributed by atoms with van der Waals surface area (Å²) in [6.45, 7) is 8.15. The largest absolute Gasteiger partial charge is 0.338 e. The third-order valence-corrected chi connectivity index (χ3v) is 5.42. The lowest BCUT2D eigenvalue weighted by Gasteiger charge is -2.35. The van der Waals surface area contributed by atoms with Gasteiger partial charge in [-0.25, -0.2) is 4.68 Å². The topological polar surface area (TPSA) is 38.1 Å². The maximum absolute atomic E-state index is 12.9. The molecular weight excluding hydrogens is 346 g/mol. The van der Waals surface area contributed by atoms with Gasteiger partial charge in [0.05, 0.1) is 17.1 Å².